The maximum absolute atomic E-state index is 12.1. The Morgan fingerprint density at radius 3 is 1.32 bits per heavy atom. The molecule has 168 valence electrons. The van der Waals surface area contributed by atoms with Gasteiger partial charge in [0.15, 0.2) is 0 Å². The third-order valence-electron chi connectivity index (χ3n) is 3.27. The topological polar surface area (TPSA) is 67.0 Å². The molecule has 0 heterocycles. The average molecular weight is 468 g/mol. The lowest BCUT2D eigenvalue weighted by Crippen LogP contribution is -2.17. The molecule has 0 aromatic heterocycles. The van der Waals surface area contributed by atoms with Crippen LogP contribution in [0.25, 0.3) is 0 Å². The fourth-order valence-electron chi connectivity index (χ4n) is 2.08. The molecule has 0 saturated heterocycles. The lowest BCUT2D eigenvalue weighted by molar-refractivity contribution is -0.275. The fraction of sp³-hybridized carbons (Fsp3) is 0.211. The van der Waals surface area contributed by atoms with Gasteiger partial charge in [-0.3, -0.25) is 9.98 Å². The quantitative estimate of drug-likeness (QED) is 0.413. The summed E-state index contributed by atoms with van der Waals surface area (Å²) < 4.78 is 80.1. The molecule has 0 aliphatic rings. The Bertz CT molecular complexity index is 821. The number of hydrogen-bond donors (Lipinski definition) is 1. The van der Waals surface area contributed by atoms with Gasteiger partial charge < -0.3 is 14.9 Å². The van der Waals surface area contributed by atoms with Crippen LogP contribution in [0.4, 0.5) is 26.3 Å². The van der Waals surface area contributed by atoms with Crippen LogP contribution in [0.15, 0.2) is 58.5 Å². The number of nitrogens with zero attached hydrogens (tertiary/aromatic N) is 2. The van der Waals surface area contributed by atoms with Gasteiger partial charge in [0.25, 0.3) is 0 Å². The van der Waals surface area contributed by atoms with Gasteiger partial charge in [-0.05, 0) is 59.7 Å². The Balaban J connectivity index is 0.00000480. The van der Waals surface area contributed by atoms with Crippen LogP contribution in [0.5, 0.6) is 11.5 Å². The smallest absolute Gasteiger partial charge is 0.406 e. The van der Waals surface area contributed by atoms with Gasteiger partial charge in [0, 0.05) is 12.4 Å². The lowest BCUT2D eigenvalue weighted by atomic mass is 10.2. The summed E-state index contributed by atoms with van der Waals surface area (Å²) in [6.07, 6.45) is -6.72. The van der Waals surface area contributed by atoms with E-state index in [1.165, 1.54) is 36.7 Å². The highest BCUT2D eigenvalue weighted by atomic mass is 35.5. The SMILES string of the molecule is Cl.N=C(CN=Cc1ccc(OC(F)(F)F)cc1)CN=Cc1ccc(OC(F)(F)F)cc1. The Hall–Kier alpha value is -3.08. The molecule has 2 aromatic rings. The first-order chi connectivity index (χ1) is 14.0. The Kier molecular flexibility index (Phi) is 9.50. The largest absolute Gasteiger partial charge is 0.573 e. The van der Waals surface area contributed by atoms with E-state index in [2.05, 4.69) is 19.5 Å². The van der Waals surface area contributed by atoms with Crippen molar-refractivity contribution in [1.82, 2.24) is 0 Å². The molecule has 0 amide bonds. The molecule has 0 spiro atoms. The predicted octanol–water partition coefficient (Wildman–Crippen LogP) is 5.46. The molecule has 2 rings (SSSR count). The summed E-state index contributed by atoms with van der Waals surface area (Å²) in [5.41, 5.74) is 1.22. The molecule has 0 bridgehead atoms. The van der Waals surface area contributed by atoms with Gasteiger partial charge in [-0.15, -0.1) is 38.7 Å². The maximum Gasteiger partial charge on any atom is 0.573 e. The molecule has 0 atom stereocenters. The second-order valence-electron chi connectivity index (χ2n) is 5.78. The summed E-state index contributed by atoms with van der Waals surface area (Å²) in [7, 11) is 0. The molecule has 0 fully saturated rings. The zero-order chi connectivity index (χ0) is 22.2. The van der Waals surface area contributed by atoms with E-state index < -0.39 is 12.7 Å². The number of rotatable bonds is 8. The van der Waals surface area contributed by atoms with Crippen molar-refractivity contribution >= 4 is 30.5 Å². The van der Waals surface area contributed by atoms with Gasteiger partial charge >= 0.3 is 12.7 Å². The van der Waals surface area contributed by atoms with Crippen molar-refractivity contribution in [3.63, 3.8) is 0 Å². The zero-order valence-corrected chi connectivity index (χ0v) is 16.4. The molecule has 0 radical (unpaired) electrons. The molecule has 5 nitrogen and oxygen atoms in total. The van der Waals surface area contributed by atoms with E-state index >= 15 is 0 Å². The number of nitrogens with one attached hydrogen (secondary N) is 1. The normalized spacial score (nSPS) is 12.1. The first-order valence-electron chi connectivity index (χ1n) is 8.28. The average Bonchev–Trinajstić information content (AvgIpc) is 2.62. The maximum atomic E-state index is 12.1. The molecule has 0 saturated carbocycles. The van der Waals surface area contributed by atoms with E-state index in [4.69, 9.17) is 5.41 Å². The third-order valence-corrected chi connectivity index (χ3v) is 3.27. The minimum Gasteiger partial charge on any atom is -0.406 e. The van der Waals surface area contributed by atoms with Crippen molar-refractivity contribution in [3.05, 3.63) is 59.7 Å². The second-order valence-corrected chi connectivity index (χ2v) is 5.78. The van der Waals surface area contributed by atoms with Crippen molar-refractivity contribution < 1.29 is 35.8 Å². The van der Waals surface area contributed by atoms with Crippen LogP contribution < -0.4 is 9.47 Å². The Labute approximate surface area is 179 Å². The molecule has 2 aromatic carbocycles. The van der Waals surface area contributed by atoms with E-state index in [1.54, 1.807) is 0 Å². The highest BCUT2D eigenvalue weighted by Gasteiger charge is 2.31. The molecule has 0 aliphatic heterocycles. The number of alkyl halides is 6. The monoisotopic (exact) mass is 467 g/mol. The van der Waals surface area contributed by atoms with Crippen molar-refractivity contribution in [1.29, 1.82) is 5.41 Å². The first-order valence-corrected chi connectivity index (χ1v) is 8.28. The predicted molar refractivity (Wildman–Crippen MR) is 106 cm³/mol. The summed E-state index contributed by atoms with van der Waals surface area (Å²) in [6, 6.07) is 10.1. The summed E-state index contributed by atoms with van der Waals surface area (Å²) in [4.78, 5) is 8.02. The molecular weight excluding hydrogens is 452 g/mol. The lowest BCUT2D eigenvalue weighted by Gasteiger charge is -2.08. The van der Waals surface area contributed by atoms with Crippen LogP contribution in [-0.4, -0.2) is 44.0 Å². The van der Waals surface area contributed by atoms with Crippen LogP contribution in [-0.2, 0) is 0 Å². The van der Waals surface area contributed by atoms with Gasteiger partial charge in [-0.25, -0.2) is 0 Å². The van der Waals surface area contributed by atoms with Crippen molar-refractivity contribution in [3.8, 4) is 11.5 Å². The van der Waals surface area contributed by atoms with E-state index in [9.17, 15) is 26.3 Å². The van der Waals surface area contributed by atoms with Gasteiger partial charge in [-0.2, -0.15) is 0 Å². The molecule has 12 heteroatoms. The van der Waals surface area contributed by atoms with Gasteiger partial charge in [0.2, 0.25) is 0 Å². The minimum absolute atomic E-state index is 0. The standard InChI is InChI=1S/C19H15F6N3O2.ClH/c20-18(21,22)29-16-5-1-13(2-6-16)9-27-11-15(26)12-28-10-14-3-7-17(8-4-14)30-19(23,24)25;/h1-10,26H,11-12H2;1H. The van der Waals surface area contributed by atoms with Crippen molar-refractivity contribution in [2.24, 2.45) is 9.98 Å². The van der Waals surface area contributed by atoms with Gasteiger partial charge in [0.1, 0.15) is 11.5 Å². The third kappa shape index (κ3) is 11.0. The molecule has 1 N–H and O–H groups in total. The van der Waals surface area contributed by atoms with Crippen molar-refractivity contribution in [2.45, 2.75) is 12.7 Å². The Morgan fingerprint density at radius 2 is 1.03 bits per heavy atom. The number of aliphatic imine (C=N–C) groups is 2. The minimum atomic E-state index is -4.76. The van der Waals surface area contributed by atoms with Crippen molar-refractivity contribution in [2.75, 3.05) is 13.1 Å². The summed E-state index contributed by atoms with van der Waals surface area (Å²) in [5, 5.41) is 7.77. The van der Waals surface area contributed by atoms with E-state index in [0.29, 0.717) is 11.1 Å². The first kappa shape index (κ1) is 26.0. The second kappa shape index (κ2) is 11.3. The van der Waals surface area contributed by atoms with Gasteiger partial charge in [0.05, 0.1) is 18.8 Å². The van der Waals surface area contributed by atoms with Crippen LogP contribution in [0, 0.1) is 5.41 Å². The van der Waals surface area contributed by atoms with E-state index in [1.807, 2.05) is 0 Å². The number of hydrogen-bond acceptors (Lipinski definition) is 5. The van der Waals surface area contributed by atoms with Crippen LogP contribution in [0.1, 0.15) is 11.1 Å². The van der Waals surface area contributed by atoms with Gasteiger partial charge in [-0.1, -0.05) is 0 Å². The van der Waals surface area contributed by atoms with Crippen LogP contribution in [0.2, 0.25) is 0 Å². The van der Waals surface area contributed by atoms with Crippen LogP contribution in [0.3, 0.4) is 0 Å². The molecular formula is C19H16ClF6N3O2. The highest BCUT2D eigenvalue weighted by Crippen LogP contribution is 2.23. The number of halogens is 7. The number of ether oxygens (including phenoxy) is 2. The Morgan fingerprint density at radius 1 is 0.710 bits per heavy atom. The zero-order valence-electron chi connectivity index (χ0n) is 15.6. The summed E-state index contributed by atoms with van der Waals surface area (Å²) in [5.74, 6) is -0.695. The highest BCUT2D eigenvalue weighted by molar-refractivity contribution is 5.90. The van der Waals surface area contributed by atoms with Crippen LogP contribution >= 0.6 is 12.4 Å². The summed E-state index contributed by atoms with van der Waals surface area (Å²) >= 11 is 0. The molecule has 0 aliphatic carbocycles. The molecule has 31 heavy (non-hydrogen) atoms. The summed E-state index contributed by atoms with van der Waals surface area (Å²) in [6.45, 7) is 0.0486. The van der Waals surface area contributed by atoms with E-state index in [0.717, 1.165) is 24.3 Å². The molecule has 0 unspecified atom stereocenters. The number of benzene rings is 2. The van der Waals surface area contributed by atoms with E-state index in [-0.39, 0.29) is 42.7 Å². The fourth-order valence-corrected chi connectivity index (χ4v) is 2.08.